The maximum atomic E-state index is 14.3. The molecule has 4 rings (SSSR count). The first-order valence-electron chi connectivity index (χ1n) is 13.5. The number of likely N-dealkylation sites (N-methyl/N-ethyl adjacent to an activating group) is 1. The Morgan fingerprint density at radius 3 is 2.05 bits per heavy atom. The Bertz CT molecular complexity index is 1630. The van der Waals surface area contributed by atoms with Crippen LogP contribution in [0.25, 0.3) is 0 Å². The van der Waals surface area contributed by atoms with Gasteiger partial charge in [-0.15, -0.1) is 0 Å². The van der Waals surface area contributed by atoms with E-state index in [1.54, 1.807) is 30.3 Å². The first kappa shape index (κ1) is 30.8. The molecule has 0 aromatic heterocycles. The van der Waals surface area contributed by atoms with Crippen molar-refractivity contribution >= 4 is 39.1 Å². The average Bonchev–Trinajstić information content (AvgIpc) is 3.00. The van der Waals surface area contributed by atoms with Gasteiger partial charge in [0.15, 0.2) is 0 Å². The topological polar surface area (TPSA) is 86.8 Å². The molecule has 0 saturated carbocycles. The first-order valence-corrected chi connectivity index (χ1v) is 15.4. The standard InChI is InChI=1S/C33H34ClN3O4S/c1-24-14-17-27(18-15-24)22-36(31(33(39)35-3)20-26-10-6-4-7-11-26)32(38)23-37(28-19-16-25(2)30(34)21-28)42(40,41)29-12-8-5-9-13-29/h4-19,21,31H,20,22-23H2,1-3H3,(H,35,39)/t31-/m1/s1. The van der Waals surface area contributed by atoms with E-state index in [1.807, 2.05) is 68.4 Å². The molecule has 2 amide bonds. The van der Waals surface area contributed by atoms with Crippen LogP contribution in [0.1, 0.15) is 22.3 Å². The smallest absolute Gasteiger partial charge is 0.264 e. The largest absolute Gasteiger partial charge is 0.357 e. The van der Waals surface area contributed by atoms with Gasteiger partial charge in [-0.25, -0.2) is 8.42 Å². The van der Waals surface area contributed by atoms with Gasteiger partial charge in [0.1, 0.15) is 12.6 Å². The molecular formula is C33H34ClN3O4S. The minimum atomic E-state index is -4.17. The van der Waals surface area contributed by atoms with Crippen LogP contribution in [-0.2, 0) is 32.6 Å². The van der Waals surface area contributed by atoms with Crippen LogP contribution in [0, 0.1) is 13.8 Å². The third-order valence-electron chi connectivity index (χ3n) is 7.04. The fourth-order valence-electron chi connectivity index (χ4n) is 4.60. The number of sulfonamides is 1. The van der Waals surface area contributed by atoms with Crippen molar-refractivity contribution in [2.45, 2.75) is 37.8 Å². The monoisotopic (exact) mass is 603 g/mol. The lowest BCUT2D eigenvalue weighted by Crippen LogP contribution is -2.53. The average molecular weight is 604 g/mol. The van der Waals surface area contributed by atoms with Crippen LogP contribution < -0.4 is 9.62 Å². The van der Waals surface area contributed by atoms with Crippen LogP contribution in [0.2, 0.25) is 5.02 Å². The van der Waals surface area contributed by atoms with E-state index in [-0.39, 0.29) is 29.5 Å². The van der Waals surface area contributed by atoms with Gasteiger partial charge in [0, 0.05) is 25.0 Å². The first-order chi connectivity index (χ1) is 20.1. The van der Waals surface area contributed by atoms with Crippen molar-refractivity contribution in [3.05, 3.63) is 130 Å². The molecule has 0 bridgehead atoms. The predicted molar refractivity (Wildman–Crippen MR) is 167 cm³/mol. The zero-order valence-corrected chi connectivity index (χ0v) is 25.4. The Morgan fingerprint density at radius 2 is 1.45 bits per heavy atom. The number of hydrogen-bond acceptors (Lipinski definition) is 4. The number of carbonyl (C=O) groups excluding carboxylic acids is 2. The Labute approximate surface area is 252 Å². The summed E-state index contributed by atoms with van der Waals surface area (Å²) in [7, 11) is -2.65. The van der Waals surface area contributed by atoms with Gasteiger partial charge in [-0.3, -0.25) is 13.9 Å². The number of rotatable bonds is 11. The predicted octanol–water partition coefficient (Wildman–Crippen LogP) is 5.54. The SMILES string of the molecule is CNC(=O)[C@@H](Cc1ccccc1)N(Cc1ccc(C)cc1)C(=O)CN(c1ccc(C)c(Cl)c1)S(=O)(=O)c1ccccc1. The highest BCUT2D eigenvalue weighted by molar-refractivity contribution is 7.92. The number of nitrogens with one attached hydrogen (secondary N) is 1. The number of carbonyl (C=O) groups is 2. The molecule has 0 aliphatic heterocycles. The molecule has 218 valence electrons. The van der Waals surface area contributed by atoms with Gasteiger partial charge in [0.25, 0.3) is 10.0 Å². The second-order valence-electron chi connectivity index (χ2n) is 10.1. The van der Waals surface area contributed by atoms with Crippen molar-refractivity contribution in [3.8, 4) is 0 Å². The fourth-order valence-corrected chi connectivity index (χ4v) is 6.20. The molecule has 0 spiro atoms. The fraction of sp³-hybridized carbons (Fsp3) is 0.212. The van der Waals surface area contributed by atoms with Crippen LogP contribution in [-0.4, -0.2) is 44.8 Å². The molecule has 0 radical (unpaired) electrons. The quantitative estimate of drug-likeness (QED) is 0.244. The zero-order valence-electron chi connectivity index (χ0n) is 23.8. The Kier molecular flexibility index (Phi) is 10.0. The van der Waals surface area contributed by atoms with E-state index in [1.165, 1.54) is 30.1 Å². The molecule has 4 aromatic rings. The highest BCUT2D eigenvalue weighted by atomic mass is 35.5. The summed E-state index contributed by atoms with van der Waals surface area (Å²) in [4.78, 5) is 29.1. The molecule has 0 unspecified atom stereocenters. The van der Waals surface area contributed by atoms with Crippen molar-refractivity contribution in [1.82, 2.24) is 10.2 Å². The molecule has 0 aliphatic rings. The number of aryl methyl sites for hydroxylation is 2. The zero-order chi connectivity index (χ0) is 30.3. The second kappa shape index (κ2) is 13.7. The maximum Gasteiger partial charge on any atom is 0.264 e. The summed E-state index contributed by atoms with van der Waals surface area (Å²) < 4.78 is 29.0. The third-order valence-corrected chi connectivity index (χ3v) is 9.24. The summed E-state index contributed by atoms with van der Waals surface area (Å²) in [5, 5.41) is 3.06. The van der Waals surface area contributed by atoms with E-state index in [9.17, 15) is 18.0 Å². The lowest BCUT2D eigenvalue weighted by Gasteiger charge is -2.33. The summed E-state index contributed by atoms with van der Waals surface area (Å²) in [6.45, 7) is 3.35. The molecule has 7 nitrogen and oxygen atoms in total. The number of halogens is 1. The van der Waals surface area contributed by atoms with Gasteiger partial charge in [-0.05, 0) is 54.8 Å². The summed E-state index contributed by atoms with van der Waals surface area (Å²) >= 11 is 6.40. The molecular weight excluding hydrogens is 570 g/mol. The van der Waals surface area contributed by atoms with Crippen molar-refractivity contribution < 1.29 is 18.0 Å². The summed E-state index contributed by atoms with van der Waals surface area (Å²) in [6.07, 6.45) is 0.250. The minimum absolute atomic E-state index is 0.0340. The van der Waals surface area contributed by atoms with Gasteiger partial charge in [0.2, 0.25) is 11.8 Å². The molecule has 4 aromatic carbocycles. The van der Waals surface area contributed by atoms with Gasteiger partial charge in [-0.2, -0.15) is 0 Å². The summed E-state index contributed by atoms with van der Waals surface area (Å²) in [6, 6.07) is 29.0. The number of amides is 2. The molecule has 0 fully saturated rings. The highest BCUT2D eigenvalue weighted by Crippen LogP contribution is 2.29. The van der Waals surface area contributed by atoms with Crippen molar-refractivity contribution in [2.24, 2.45) is 0 Å². The Balaban J connectivity index is 1.79. The van der Waals surface area contributed by atoms with Crippen LogP contribution in [0.5, 0.6) is 0 Å². The normalized spacial score (nSPS) is 11.9. The molecule has 0 heterocycles. The number of anilines is 1. The number of nitrogens with zero attached hydrogens (tertiary/aromatic N) is 2. The number of benzene rings is 4. The van der Waals surface area contributed by atoms with E-state index < -0.39 is 28.5 Å². The van der Waals surface area contributed by atoms with Gasteiger partial charge < -0.3 is 10.2 Å². The maximum absolute atomic E-state index is 14.3. The summed E-state index contributed by atoms with van der Waals surface area (Å²) in [5.41, 5.74) is 3.75. The van der Waals surface area contributed by atoms with Crippen LogP contribution >= 0.6 is 11.6 Å². The van der Waals surface area contributed by atoms with Crippen LogP contribution in [0.3, 0.4) is 0 Å². The number of hydrogen-bond donors (Lipinski definition) is 1. The minimum Gasteiger partial charge on any atom is -0.357 e. The molecule has 0 saturated heterocycles. The van der Waals surface area contributed by atoms with Crippen molar-refractivity contribution in [2.75, 3.05) is 17.9 Å². The van der Waals surface area contributed by atoms with Crippen molar-refractivity contribution in [3.63, 3.8) is 0 Å². The Morgan fingerprint density at radius 1 is 0.833 bits per heavy atom. The molecule has 9 heteroatoms. The lowest BCUT2D eigenvalue weighted by atomic mass is 10.0. The molecule has 42 heavy (non-hydrogen) atoms. The van der Waals surface area contributed by atoms with Gasteiger partial charge in [-0.1, -0.05) is 96.0 Å². The van der Waals surface area contributed by atoms with Crippen molar-refractivity contribution in [1.29, 1.82) is 0 Å². The Hall–Kier alpha value is -4.14. The van der Waals surface area contributed by atoms with E-state index >= 15 is 0 Å². The van der Waals surface area contributed by atoms with Crippen LogP contribution in [0.15, 0.2) is 108 Å². The summed E-state index contributed by atoms with van der Waals surface area (Å²) in [5.74, 6) is -0.883. The second-order valence-corrected chi connectivity index (χ2v) is 12.4. The highest BCUT2D eigenvalue weighted by Gasteiger charge is 2.34. The van der Waals surface area contributed by atoms with Crippen LogP contribution in [0.4, 0.5) is 5.69 Å². The van der Waals surface area contributed by atoms with E-state index in [2.05, 4.69) is 5.32 Å². The molecule has 1 atom stereocenters. The van der Waals surface area contributed by atoms with E-state index in [4.69, 9.17) is 11.6 Å². The third kappa shape index (κ3) is 7.38. The van der Waals surface area contributed by atoms with E-state index in [0.717, 1.165) is 26.6 Å². The molecule has 0 aliphatic carbocycles. The molecule has 1 N–H and O–H groups in total. The lowest BCUT2D eigenvalue weighted by molar-refractivity contribution is -0.139. The van der Waals surface area contributed by atoms with Gasteiger partial charge >= 0.3 is 0 Å². The van der Waals surface area contributed by atoms with E-state index in [0.29, 0.717) is 5.02 Å². The van der Waals surface area contributed by atoms with Gasteiger partial charge in [0.05, 0.1) is 10.6 Å².